The number of halogens is 1. The Morgan fingerprint density at radius 1 is 1.27 bits per heavy atom. The van der Waals surface area contributed by atoms with E-state index in [-0.39, 0.29) is 11.9 Å². The fourth-order valence-corrected chi connectivity index (χ4v) is 3.32. The van der Waals surface area contributed by atoms with Gasteiger partial charge in [0.1, 0.15) is 11.5 Å². The van der Waals surface area contributed by atoms with Crippen LogP contribution in [0.2, 0.25) is 5.02 Å². The van der Waals surface area contributed by atoms with Gasteiger partial charge in [-0.25, -0.2) is 4.68 Å². The molecule has 8 nitrogen and oxygen atoms in total. The summed E-state index contributed by atoms with van der Waals surface area (Å²) in [5.41, 5.74) is 1.49. The highest BCUT2D eigenvalue weighted by Gasteiger charge is 2.23. The Morgan fingerprint density at radius 3 is 2.62 bits per heavy atom. The molecule has 2 N–H and O–H groups in total. The zero-order valence-corrected chi connectivity index (χ0v) is 15.8. The highest BCUT2D eigenvalue weighted by Crippen LogP contribution is 2.36. The zero-order valence-electron chi connectivity index (χ0n) is 15.0. The van der Waals surface area contributed by atoms with Gasteiger partial charge in [0, 0.05) is 12.1 Å². The number of nitrogens with one attached hydrogen (secondary N) is 2. The van der Waals surface area contributed by atoms with Gasteiger partial charge in [0.25, 0.3) is 5.91 Å². The Morgan fingerprint density at radius 2 is 1.96 bits per heavy atom. The fourth-order valence-electron chi connectivity index (χ4n) is 3.09. The van der Waals surface area contributed by atoms with Crippen LogP contribution in [0.25, 0.3) is 0 Å². The van der Waals surface area contributed by atoms with Crippen LogP contribution in [-0.4, -0.2) is 48.2 Å². The van der Waals surface area contributed by atoms with E-state index in [0.717, 1.165) is 31.6 Å². The molecule has 140 valence electrons. The average molecular weight is 380 g/mol. The van der Waals surface area contributed by atoms with Crippen molar-refractivity contribution in [3.8, 4) is 11.5 Å². The van der Waals surface area contributed by atoms with E-state index in [9.17, 15) is 4.79 Å². The van der Waals surface area contributed by atoms with Crippen molar-refractivity contribution < 1.29 is 14.3 Å². The van der Waals surface area contributed by atoms with Gasteiger partial charge >= 0.3 is 0 Å². The quantitative estimate of drug-likeness (QED) is 0.829. The molecule has 1 amide bonds. The summed E-state index contributed by atoms with van der Waals surface area (Å²) >= 11 is 6.10. The summed E-state index contributed by atoms with van der Waals surface area (Å²) in [6.45, 7) is 3.73. The number of hydrogen-bond acceptors (Lipinski definition) is 6. The highest BCUT2D eigenvalue weighted by atomic mass is 35.5. The van der Waals surface area contributed by atoms with Crippen molar-refractivity contribution >= 4 is 23.2 Å². The largest absolute Gasteiger partial charge is 0.495 e. The van der Waals surface area contributed by atoms with E-state index in [1.54, 1.807) is 12.1 Å². The molecule has 0 atom stereocenters. The van der Waals surface area contributed by atoms with Crippen LogP contribution in [0, 0.1) is 6.92 Å². The van der Waals surface area contributed by atoms with Crippen molar-refractivity contribution in [1.82, 2.24) is 20.3 Å². The van der Waals surface area contributed by atoms with Gasteiger partial charge in [0.2, 0.25) is 0 Å². The van der Waals surface area contributed by atoms with Crippen LogP contribution in [0.3, 0.4) is 0 Å². The summed E-state index contributed by atoms with van der Waals surface area (Å²) in [4.78, 5) is 12.7. The van der Waals surface area contributed by atoms with Gasteiger partial charge in [0.05, 0.1) is 36.7 Å². The Kier molecular flexibility index (Phi) is 5.63. The molecule has 1 aliphatic heterocycles. The summed E-state index contributed by atoms with van der Waals surface area (Å²) in [6.07, 6.45) is 1.93. The summed E-state index contributed by atoms with van der Waals surface area (Å²) in [5.74, 6) is 0.524. The summed E-state index contributed by atoms with van der Waals surface area (Å²) in [6, 6.07) is 3.47. The number of hydrogen-bond donors (Lipinski definition) is 2. The predicted molar refractivity (Wildman–Crippen MR) is 98.4 cm³/mol. The van der Waals surface area contributed by atoms with Gasteiger partial charge in [0.15, 0.2) is 5.69 Å². The molecule has 0 bridgehead atoms. The molecule has 0 aliphatic carbocycles. The lowest BCUT2D eigenvalue weighted by Gasteiger charge is -2.23. The predicted octanol–water partition coefficient (Wildman–Crippen LogP) is 2.43. The van der Waals surface area contributed by atoms with E-state index in [4.69, 9.17) is 21.1 Å². The number of piperidine rings is 1. The lowest BCUT2D eigenvalue weighted by atomic mass is 10.1. The van der Waals surface area contributed by atoms with Crippen LogP contribution in [0.4, 0.5) is 5.69 Å². The molecule has 1 aromatic carbocycles. The van der Waals surface area contributed by atoms with E-state index in [2.05, 4.69) is 20.9 Å². The third-order valence-electron chi connectivity index (χ3n) is 4.52. The molecule has 0 spiro atoms. The second-order valence-corrected chi connectivity index (χ2v) is 6.50. The second kappa shape index (κ2) is 7.92. The standard InChI is InChI=1S/C17H22ClN5O3/c1-10-16(21-22-23(10)11-4-6-19-7-5-11)17(24)20-13-9-14(25-2)12(18)8-15(13)26-3/h8-9,11,19H,4-7H2,1-3H3,(H,20,24). The first-order valence-electron chi connectivity index (χ1n) is 8.40. The number of rotatable bonds is 5. The Labute approximate surface area is 156 Å². The van der Waals surface area contributed by atoms with Crippen molar-refractivity contribution in [1.29, 1.82) is 0 Å². The van der Waals surface area contributed by atoms with Gasteiger partial charge in [-0.3, -0.25) is 4.79 Å². The number of anilines is 1. The van der Waals surface area contributed by atoms with Crippen molar-refractivity contribution in [3.63, 3.8) is 0 Å². The summed E-state index contributed by atoms with van der Waals surface area (Å²) in [5, 5.41) is 14.8. The van der Waals surface area contributed by atoms with Gasteiger partial charge in [-0.15, -0.1) is 5.10 Å². The van der Waals surface area contributed by atoms with Crippen LogP contribution in [0.15, 0.2) is 12.1 Å². The molecule has 9 heteroatoms. The normalized spacial score (nSPS) is 14.9. The number of nitrogens with zero attached hydrogens (tertiary/aromatic N) is 3. The van der Waals surface area contributed by atoms with Gasteiger partial charge in [-0.2, -0.15) is 0 Å². The summed E-state index contributed by atoms with van der Waals surface area (Å²) in [7, 11) is 3.01. The van der Waals surface area contributed by atoms with E-state index in [1.165, 1.54) is 14.2 Å². The van der Waals surface area contributed by atoms with Crippen LogP contribution in [-0.2, 0) is 0 Å². The number of benzene rings is 1. The van der Waals surface area contributed by atoms with E-state index in [0.29, 0.717) is 27.9 Å². The zero-order chi connectivity index (χ0) is 18.7. The third-order valence-corrected chi connectivity index (χ3v) is 4.81. The van der Waals surface area contributed by atoms with Gasteiger partial charge in [-0.1, -0.05) is 16.8 Å². The van der Waals surface area contributed by atoms with E-state index in [1.807, 2.05) is 11.6 Å². The average Bonchev–Trinajstić information content (AvgIpc) is 3.05. The van der Waals surface area contributed by atoms with Gasteiger partial charge in [-0.05, 0) is 32.9 Å². The lowest BCUT2D eigenvalue weighted by Crippen LogP contribution is -2.30. The van der Waals surface area contributed by atoms with Crippen molar-refractivity contribution in [3.05, 3.63) is 28.5 Å². The maximum absolute atomic E-state index is 12.7. The lowest BCUT2D eigenvalue weighted by molar-refractivity contribution is 0.102. The third kappa shape index (κ3) is 3.61. The van der Waals surface area contributed by atoms with Crippen molar-refractivity contribution in [2.75, 3.05) is 32.6 Å². The van der Waals surface area contributed by atoms with Crippen molar-refractivity contribution in [2.24, 2.45) is 0 Å². The molecule has 1 aromatic heterocycles. The Balaban J connectivity index is 1.83. The number of carbonyl (C=O) groups excluding carboxylic acids is 1. The molecule has 2 aromatic rings. The molecule has 26 heavy (non-hydrogen) atoms. The molecular formula is C17H22ClN5O3. The molecule has 0 radical (unpaired) electrons. The smallest absolute Gasteiger partial charge is 0.278 e. The molecule has 1 fully saturated rings. The molecular weight excluding hydrogens is 358 g/mol. The van der Waals surface area contributed by atoms with Crippen LogP contribution in [0.5, 0.6) is 11.5 Å². The molecule has 0 unspecified atom stereocenters. The fraction of sp³-hybridized carbons (Fsp3) is 0.471. The topological polar surface area (TPSA) is 90.3 Å². The first-order valence-corrected chi connectivity index (χ1v) is 8.78. The van der Waals surface area contributed by atoms with E-state index < -0.39 is 0 Å². The molecule has 1 aliphatic rings. The van der Waals surface area contributed by atoms with Crippen LogP contribution < -0.4 is 20.1 Å². The molecule has 0 saturated carbocycles. The van der Waals surface area contributed by atoms with Crippen LogP contribution >= 0.6 is 11.6 Å². The molecule has 1 saturated heterocycles. The minimum absolute atomic E-state index is 0.260. The van der Waals surface area contributed by atoms with Crippen LogP contribution in [0.1, 0.15) is 35.1 Å². The highest BCUT2D eigenvalue weighted by molar-refractivity contribution is 6.32. The first kappa shape index (κ1) is 18.5. The minimum Gasteiger partial charge on any atom is -0.495 e. The first-order chi connectivity index (χ1) is 12.5. The number of amides is 1. The number of ether oxygens (including phenoxy) is 2. The molecule has 2 heterocycles. The Hall–Kier alpha value is -2.32. The maximum Gasteiger partial charge on any atom is 0.278 e. The Bertz CT molecular complexity index is 802. The van der Waals surface area contributed by atoms with Crippen molar-refractivity contribution in [2.45, 2.75) is 25.8 Å². The number of aromatic nitrogens is 3. The number of carbonyl (C=O) groups is 1. The number of methoxy groups -OCH3 is 2. The minimum atomic E-state index is -0.356. The molecule has 3 rings (SSSR count). The maximum atomic E-state index is 12.7. The second-order valence-electron chi connectivity index (χ2n) is 6.09. The summed E-state index contributed by atoms with van der Waals surface area (Å²) < 4.78 is 12.3. The van der Waals surface area contributed by atoms with E-state index >= 15 is 0 Å². The SMILES string of the molecule is COc1cc(NC(=O)c2nnn(C3CCNCC3)c2C)c(OC)cc1Cl. The monoisotopic (exact) mass is 379 g/mol. The van der Waals surface area contributed by atoms with Gasteiger partial charge < -0.3 is 20.1 Å².